The Bertz CT molecular complexity index is 813. The molecule has 0 radical (unpaired) electrons. The largest absolute Gasteiger partial charge is 0.348 e. The second kappa shape index (κ2) is 6.46. The fourth-order valence-corrected chi connectivity index (χ4v) is 3.90. The van der Waals surface area contributed by atoms with Crippen LogP contribution in [-0.4, -0.2) is 32.8 Å². The molecule has 1 fully saturated rings. The van der Waals surface area contributed by atoms with Crippen molar-refractivity contribution in [1.29, 1.82) is 0 Å². The molecule has 5 nitrogen and oxygen atoms in total. The van der Waals surface area contributed by atoms with E-state index in [1.165, 1.54) is 10.7 Å². The van der Waals surface area contributed by atoms with Crippen LogP contribution in [0.4, 0.5) is 8.78 Å². The average Bonchev–Trinajstić information content (AvgIpc) is 2.96. The van der Waals surface area contributed by atoms with Crippen LogP contribution in [0.2, 0.25) is 0 Å². The van der Waals surface area contributed by atoms with Crippen LogP contribution in [0, 0.1) is 11.6 Å². The summed E-state index contributed by atoms with van der Waals surface area (Å²) in [5.74, 6) is -2.15. The van der Waals surface area contributed by atoms with Crippen molar-refractivity contribution in [3.05, 3.63) is 47.8 Å². The molecule has 26 heavy (non-hydrogen) atoms. The third kappa shape index (κ3) is 4.09. The van der Waals surface area contributed by atoms with Gasteiger partial charge in [-0.15, -0.1) is 0 Å². The van der Waals surface area contributed by atoms with Crippen molar-refractivity contribution in [3.63, 3.8) is 0 Å². The Morgan fingerprint density at radius 3 is 2.42 bits per heavy atom. The summed E-state index contributed by atoms with van der Waals surface area (Å²) in [6, 6.07) is 5.08. The highest BCUT2D eigenvalue weighted by atomic mass is 19.2. The van der Waals surface area contributed by atoms with E-state index in [2.05, 4.69) is 43.4 Å². The monoisotopic (exact) mass is 362 g/mol. The van der Waals surface area contributed by atoms with E-state index >= 15 is 0 Å². The van der Waals surface area contributed by atoms with Crippen LogP contribution in [0.5, 0.6) is 0 Å². The lowest BCUT2D eigenvalue weighted by atomic mass is 9.79. The number of hydrogen-bond donors (Lipinski definition) is 2. The van der Waals surface area contributed by atoms with E-state index in [0.29, 0.717) is 5.69 Å². The smallest absolute Gasteiger partial charge is 0.272 e. The highest BCUT2D eigenvalue weighted by Crippen LogP contribution is 2.28. The molecule has 1 aromatic heterocycles. The topological polar surface area (TPSA) is 59.0 Å². The van der Waals surface area contributed by atoms with E-state index in [1.54, 1.807) is 12.3 Å². The Kier molecular flexibility index (Phi) is 4.60. The van der Waals surface area contributed by atoms with Gasteiger partial charge in [-0.2, -0.15) is 5.10 Å². The van der Waals surface area contributed by atoms with Crippen molar-refractivity contribution >= 4 is 5.91 Å². The molecule has 0 aliphatic carbocycles. The number of carbonyl (C=O) groups excluding carboxylic acids is 1. The number of halogens is 2. The minimum Gasteiger partial charge on any atom is -0.348 e. The number of carbonyl (C=O) groups is 1. The van der Waals surface area contributed by atoms with Crippen LogP contribution in [0.15, 0.2) is 30.5 Å². The van der Waals surface area contributed by atoms with Crippen LogP contribution in [-0.2, 0) is 0 Å². The van der Waals surface area contributed by atoms with Gasteiger partial charge in [-0.1, -0.05) is 0 Å². The van der Waals surface area contributed by atoms with Gasteiger partial charge in [0, 0.05) is 29.4 Å². The maximum absolute atomic E-state index is 13.4. The fourth-order valence-electron chi connectivity index (χ4n) is 3.90. The average molecular weight is 362 g/mol. The molecule has 2 aromatic rings. The second-order valence-corrected chi connectivity index (χ2v) is 8.22. The Labute approximate surface area is 151 Å². The molecular weight excluding hydrogens is 338 g/mol. The molecular formula is C19H24F2N4O. The van der Waals surface area contributed by atoms with Crippen LogP contribution < -0.4 is 10.6 Å². The minimum absolute atomic E-state index is 0.0298. The molecule has 1 saturated heterocycles. The van der Waals surface area contributed by atoms with Gasteiger partial charge in [-0.05, 0) is 58.7 Å². The van der Waals surface area contributed by atoms with Crippen molar-refractivity contribution in [3.8, 4) is 5.69 Å². The first-order valence-corrected chi connectivity index (χ1v) is 8.66. The number of benzene rings is 1. The Hall–Kier alpha value is -2.28. The van der Waals surface area contributed by atoms with Gasteiger partial charge in [0.1, 0.15) is 0 Å². The molecule has 2 heterocycles. The molecule has 0 bridgehead atoms. The molecule has 140 valence electrons. The zero-order valence-corrected chi connectivity index (χ0v) is 15.4. The lowest BCUT2D eigenvalue weighted by Crippen LogP contribution is -2.62. The first kappa shape index (κ1) is 18.5. The van der Waals surface area contributed by atoms with Gasteiger partial charge in [0.15, 0.2) is 17.3 Å². The van der Waals surface area contributed by atoms with E-state index in [1.807, 2.05) is 0 Å². The number of nitrogens with one attached hydrogen (secondary N) is 2. The van der Waals surface area contributed by atoms with E-state index < -0.39 is 11.6 Å². The summed E-state index contributed by atoms with van der Waals surface area (Å²) in [4.78, 5) is 12.6. The van der Waals surface area contributed by atoms with E-state index in [0.717, 1.165) is 25.0 Å². The number of hydrogen-bond acceptors (Lipinski definition) is 3. The van der Waals surface area contributed by atoms with Gasteiger partial charge in [0.05, 0.1) is 5.69 Å². The Morgan fingerprint density at radius 1 is 1.15 bits per heavy atom. The number of piperidine rings is 1. The summed E-state index contributed by atoms with van der Waals surface area (Å²) in [5.41, 5.74) is 0.436. The van der Waals surface area contributed by atoms with Gasteiger partial charge < -0.3 is 10.6 Å². The summed E-state index contributed by atoms with van der Waals surface area (Å²) in [6.45, 7) is 8.46. The fraction of sp³-hybridized carbons (Fsp3) is 0.474. The summed E-state index contributed by atoms with van der Waals surface area (Å²) in [5, 5.41) is 10.8. The molecule has 1 amide bonds. The highest BCUT2D eigenvalue weighted by Gasteiger charge is 2.38. The van der Waals surface area contributed by atoms with Crippen molar-refractivity contribution in [2.24, 2.45) is 0 Å². The van der Waals surface area contributed by atoms with Crippen molar-refractivity contribution in [1.82, 2.24) is 20.4 Å². The third-order valence-corrected chi connectivity index (χ3v) is 4.51. The molecule has 7 heteroatoms. The van der Waals surface area contributed by atoms with E-state index in [-0.39, 0.29) is 28.7 Å². The maximum Gasteiger partial charge on any atom is 0.272 e. The molecule has 0 atom stereocenters. The van der Waals surface area contributed by atoms with Gasteiger partial charge in [0.25, 0.3) is 5.91 Å². The summed E-state index contributed by atoms with van der Waals surface area (Å²) in [7, 11) is 0. The van der Waals surface area contributed by atoms with Crippen molar-refractivity contribution < 1.29 is 13.6 Å². The molecule has 0 spiro atoms. The second-order valence-electron chi connectivity index (χ2n) is 8.22. The van der Waals surface area contributed by atoms with E-state index in [9.17, 15) is 13.6 Å². The molecule has 1 aliphatic heterocycles. The number of rotatable bonds is 3. The Balaban J connectivity index is 1.73. The van der Waals surface area contributed by atoms with Gasteiger partial charge >= 0.3 is 0 Å². The first-order valence-electron chi connectivity index (χ1n) is 8.66. The lowest BCUT2D eigenvalue weighted by molar-refractivity contribution is 0.0868. The zero-order valence-electron chi connectivity index (χ0n) is 15.4. The molecule has 2 N–H and O–H groups in total. The summed E-state index contributed by atoms with van der Waals surface area (Å²) in [6.07, 6.45) is 3.18. The standard InChI is InChI=1S/C19H24F2N4O/c1-18(2)10-12(11-19(3,4)24-18)22-17(26)16-7-8-25(23-16)13-5-6-14(20)15(21)9-13/h5-9,12,24H,10-11H2,1-4H3,(H,22,26). The third-order valence-electron chi connectivity index (χ3n) is 4.51. The molecule has 1 aliphatic rings. The van der Waals surface area contributed by atoms with Crippen LogP contribution >= 0.6 is 0 Å². The van der Waals surface area contributed by atoms with Gasteiger partial charge in [0.2, 0.25) is 0 Å². The minimum atomic E-state index is -0.955. The van der Waals surface area contributed by atoms with Crippen LogP contribution in [0.1, 0.15) is 51.0 Å². The normalized spacial score (nSPS) is 19.3. The molecule has 3 rings (SSSR count). The zero-order chi connectivity index (χ0) is 19.1. The van der Waals surface area contributed by atoms with Crippen molar-refractivity contribution in [2.75, 3.05) is 0 Å². The summed E-state index contributed by atoms with van der Waals surface area (Å²) < 4.78 is 27.8. The number of nitrogens with zero attached hydrogens (tertiary/aromatic N) is 2. The number of amides is 1. The van der Waals surface area contributed by atoms with Gasteiger partial charge in [-0.25, -0.2) is 13.5 Å². The SMILES string of the molecule is CC1(C)CC(NC(=O)c2ccn(-c3ccc(F)c(F)c3)n2)CC(C)(C)N1. The van der Waals surface area contributed by atoms with E-state index in [4.69, 9.17) is 0 Å². The predicted octanol–water partition coefficient (Wildman–Crippen LogP) is 3.19. The number of aromatic nitrogens is 2. The van der Waals surface area contributed by atoms with Crippen LogP contribution in [0.25, 0.3) is 5.69 Å². The quantitative estimate of drug-likeness (QED) is 0.882. The van der Waals surface area contributed by atoms with Crippen LogP contribution in [0.3, 0.4) is 0 Å². The van der Waals surface area contributed by atoms with Gasteiger partial charge in [-0.3, -0.25) is 4.79 Å². The Morgan fingerprint density at radius 2 is 1.81 bits per heavy atom. The molecule has 0 unspecified atom stereocenters. The lowest BCUT2D eigenvalue weighted by Gasteiger charge is -2.46. The predicted molar refractivity (Wildman–Crippen MR) is 95.3 cm³/mol. The molecule has 1 aromatic carbocycles. The summed E-state index contributed by atoms with van der Waals surface area (Å²) >= 11 is 0. The molecule has 0 saturated carbocycles. The maximum atomic E-state index is 13.4. The van der Waals surface area contributed by atoms with Crippen molar-refractivity contribution in [2.45, 2.75) is 57.7 Å². The first-order chi connectivity index (χ1) is 12.0. The highest BCUT2D eigenvalue weighted by molar-refractivity contribution is 5.92.